The van der Waals surface area contributed by atoms with Gasteiger partial charge in [0.2, 0.25) is 0 Å². The van der Waals surface area contributed by atoms with Gasteiger partial charge in [-0.3, -0.25) is 0 Å². The molecule has 0 aromatic carbocycles. The molecule has 0 aromatic heterocycles. The third-order valence-electron chi connectivity index (χ3n) is 14.8. The van der Waals surface area contributed by atoms with Crippen LogP contribution in [0, 0.1) is 35.5 Å². The van der Waals surface area contributed by atoms with Crippen LogP contribution >= 0.6 is 0 Å². The molecule has 13 N–H and O–H groups in total. The van der Waals surface area contributed by atoms with Crippen molar-refractivity contribution in [1.82, 2.24) is 0 Å². The number of carboxylic acids is 1. The molecular weight excluding hydrogens is 957 g/mol. The number of hydrogen-bond acceptors (Lipinski definition) is 19. The molecule has 3 rings (SSSR count). The first-order valence-corrected chi connectivity index (χ1v) is 25.6. The van der Waals surface area contributed by atoms with Crippen LogP contribution in [0.4, 0.5) is 0 Å². The molecule has 3 saturated heterocycles. The monoisotopic (exact) mass is 1050 g/mol. The average molecular weight is 1050 g/mol. The molecule has 0 aliphatic carbocycles. The van der Waals surface area contributed by atoms with Crippen molar-refractivity contribution in [2.24, 2.45) is 35.5 Å². The van der Waals surface area contributed by atoms with E-state index in [1.165, 1.54) is 26.8 Å². The molecule has 0 bridgehead atoms. The van der Waals surface area contributed by atoms with Crippen LogP contribution in [0.15, 0.2) is 58.2 Å². The Balaban J connectivity index is 2.20. The zero-order valence-corrected chi connectivity index (χ0v) is 45.0. The summed E-state index contributed by atoms with van der Waals surface area (Å²) in [4.78, 5) is 11.9. The average Bonchev–Trinajstić information content (AvgIpc) is 3.33. The minimum Gasteiger partial charge on any atom is -0.478 e. The Hall–Kier alpha value is -2.55. The van der Waals surface area contributed by atoms with Crippen molar-refractivity contribution >= 4 is 5.97 Å². The van der Waals surface area contributed by atoms with Crippen molar-refractivity contribution < 1.29 is 99.6 Å². The number of carbonyl (C=O) groups is 1. The minimum atomic E-state index is -1.77. The van der Waals surface area contributed by atoms with Gasteiger partial charge in [-0.25, -0.2) is 4.79 Å². The van der Waals surface area contributed by atoms with Gasteiger partial charge in [0.05, 0.1) is 49.3 Å². The SMILES string of the molecule is CCC(C)C(O)C(C)/C=C(\C)C(O)C(C)/C=C(\C)[C@@H](O[C@@H]1O[C@H](CO)[C@@H](O)[C@H](O)[C@@H]1O)[C@@H](C)/C=C(\C)[C@@H](O[C@@H]1O[C@@H](C)[C@H](O)[C@@H](O)[C@H]1O)[C@@H](C)/C=C(\C)[C@@H](O[C@@H]1O[C@@H](C)[C@H](O)[C@@H](O)[C@H]1O)[C@@H](C)/C=C(\C)C(=O)O. The van der Waals surface area contributed by atoms with E-state index in [1.807, 2.05) is 26.8 Å². The zero-order chi connectivity index (χ0) is 55.7. The Morgan fingerprint density at radius 2 is 0.836 bits per heavy atom. The highest BCUT2D eigenvalue weighted by Crippen LogP contribution is 2.35. The first kappa shape index (κ1) is 64.7. The molecule has 422 valence electrons. The summed E-state index contributed by atoms with van der Waals surface area (Å²) in [6.45, 7) is 23.5. The van der Waals surface area contributed by atoms with E-state index in [2.05, 4.69) is 0 Å². The van der Waals surface area contributed by atoms with Gasteiger partial charge in [-0.1, -0.05) is 85.3 Å². The number of rotatable bonds is 24. The Morgan fingerprint density at radius 3 is 1.21 bits per heavy atom. The Morgan fingerprint density at radius 1 is 0.493 bits per heavy atom. The second-order valence-electron chi connectivity index (χ2n) is 21.1. The van der Waals surface area contributed by atoms with Crippen LogP contribution in [0.5, 0.6) is 0 Å². The smallest absolute Gasteiger partial charge is 0.330 e. The van der Waals surface area contributed by atoms with E-state index in [1.54, 1.807) is 73.6 Å². The lowest BCUT2D eigenvalue weighted by Gasteiger charge is -2.42. The molecule has 20 heteroatoms. The molecule has 20 nitrogen and oxygen atoms in total. The van der Waals surface area contributed by atoms with Gasteiger partial charge in [0.15, 0.2) is 18.9 Å². The maximum absolute atomic E-state index is 11.9. The molecule has 0 amide bonds. The number of hydrogen-bond donors (Lipinski definition) is 13. The molecule has 3 heterocycles. The summed E-state index contributed by atoms with van der Waals surface area (Å²) in [5, 5.41) is 139. The standard InChI is InChI=1S/C53H90O20/c1-15-22(2)36(55)23(3)16-24(4)37(56)25(5)17-26(6)47(73-53-46(65)43(62)40(59)35(21-54)70-53)27(7)18-28(8)48(71-51-44(63)41(60)38(57)33(13)68-51)29(9)19-30(10)49(31(11)20-32(12)50(66)67)72-52-45(64)42(61)39(58)34(14)69-52/h16-20,22-23,25,27,29,31,33-49,51-65H,15,21H2,1-14H3,(H,66,67)/b24-16+,26-17+,28-18+,30-19+,32-20+/t22?,23?,25?,27-,29-,31-,33-,34-,35+,36?,37?,38-,39-,40+,41+,42+,43-,44+,45+,46-,47+,48+,49+,51-,52-,53-/m0/s1. The molecule has 0 spiro atoms. The topological polar surface area (TPSA) is 335 Å². The van der Waals surface area contributed by atoms with Gasteiger partial charge in [-0.2, -0.15) is 0 Å². The summed E-state index contributed by atoms with van der Waals surface area (Å²) in [7, 11) is 0. The summed E-state index contributed by atoms with van der Waals surface area (Å²) < 4.78 is 36.8. The molecule has 3 aliphatic heterocycles. The second kappa shape index (κ2) is 28.7. The highest BCUT2D eigenvalue weighted by molar-refractivity contribution is 5.85. The molecule has 3 fully saturated rings. The fourth-order valence-electron chi connectivity index (χ4n) is 9.94. The number of carboxylic acid groups (broad SMARTS) is 1. The van der Waals surface area contributed by atoms with E-state index in [0.717, 1.165) is 6.42 Å². The summed E-state index contributed by atoms with van der Waals surface area (Å²) in [5.41, 5.74) is 2.13. The quantitative estimate of drug-likeness (QED) is 0.0479. The van der Waals surface area contributed by atoms with E-state index in [4.69, 9.17) is 28.4 Å². The highest BCUT2D eigenvalue weighted by Gasteiger charge is 2.47. The van der Waals surface area contributed by atoms with Gasteiger partial charge in [-0.15, -0.1) is 0 Å². The predicted octanol–water partition coefficient (Wildman–Crippen LogP) is 1.36. The zero-order valence-electron chi connectivity index (χ0n) is 45.0. The largest absolute Gasteiger partial charge is 0.478 e. The van der Waals surface area contributed by atoms with Gasteiger partial charge in [-0.05, 0) is 76.7 Å². The second-order valence-corrected chi connectivity index (χ2v) is 21.1. The first-order valence-electron chi connectivity index (χ1n) is 25.6. The van der Waals surface area contributed by atoms with Gasteiger partial charge >= 0.3 is 5.97 Å². The van der Waals surface area contributed by atoms with E-state index in [-0.39, 0.29) is 17.4 Å². The fraction of sp³-hybridized carbons (Fsp3) is 0.792. The third kappa shape index (κ3) is 16.7. The maximum atomic E-state index is 11.9. The van der Waals surface area contributed by atoms with Gasteiger partial charge in [0.1, 0.15) is 61.0 Å². The van der Waals surface area contributed by atoms with Crippen molar-refractivity contribution in [3.8, 4) is 0 Å². The molecule has 26 atom stereocenters. The molecule has 0 radical (unpaired) electrons. The molecule has 3 aliphatic rings. The van der Waals surface area contributed by atoms with Crippen LogP contribution in [0.3, 0.4) is 0 Å². The van der Waals surface area contributed by atoms with E-state index < -0.39 is 159 Å². The van der Waals surface area contributed by atoms with Crippen molar-refractivity contribution in [1.29, 1.82) is 0 Å². The van der Waals surface area contributed by atoms with Gasteiger partial charge < -0.3 is 94.8 Å². The fourth-order valence-corrected chi connectivity index (χ4v) is 9.94. The minimum absolute atomic E-state index is 0.00463. The van der Waals surface area contributed by atoms with Crippen molar-refractivity contribution in [3.63, 3.8) is 0 Å². The number of aliphatic hydroxyl groups is 12. The van der Waals surface area contributed by atoms with Crippen LogP contribution in [-0.4, -0.2) is 202 Å². The predicted molar refractivity (Wildman–Crippen MR) is 267 cm³/mol. The number of aliphatic hydroxyl groups excluding tert-OH is 12. The van der Waals surface area contributed by atoms with Gasteiger partial charge in [0.25, 0.3) is 0 Å². The molecule has 73 heavy (non-hydrogen) atoms. The number of ether oxygens (including phenoxy) is 6. The van der Waals surface area contributed by atoms with Crippen LogP contribution in [0.1, 0.15) is 103 Å². The summed E-state index contributed by atoms with van der Waals surface area (Å²) >= 11 is 0. The lowest BCUT2D eigenvalue weighted by Crippen LogP contribution is -2.60. The summed E-state index contributed by atoms with van der Waals surface area (Å²) in [6.07, 6.45) is -17.8. The molecule has 0 saturated carbocycles. The lowest BCUT2D eigenvalue weighted by atomic mass is 9.86. The van der Waals surface area contributed by atoms with Crippen molar-refractivity contribution in [2.45, 2.75) is 226 Å². The molecule has 5 unspecified atom stereocenters. The van der Waals surface area contributed by atoms with Crippen LogP contribution in [0.2, 0.25) is 0 Å². The Labute approximate surface area is 430 Å². The van der Waals surface area contributed by atoms with Crippen LogP contribution < -0.4 is 0 Å². The first-order chi connectivity index (χ1) is 33.9. The third-order valence-corrected chi connectivity index (χ3v) is 14.8. The van der Waals surface area contributed by atoms with Crippen molar-refractivity contribution in [2.75, 3.05) is 6.61 Å². The summed E-state index contributed by atoms with van der Waals surface area (Å²) in [6, 6.07) is 0. The Bertz CT molecular complexity index is 1890. The van der Waals surface area contributed by atoms with E-state index in [9.17, 15) is 71.2 Å². The summed E-state index contributed by atoms with van der Waals surface area (Å²) in [5.74, 6) is -4.02. The van der Waals surface area contributed by atoms with Crippen LogP contribution in [0.25, 0.3) is 0 Å². The lowest BCUT2D eigenvalue weighted by molar-refractivity contribution is -0.310. The van der Waals surface area contributed by atoms with E-state index >= 15 is 0 Å². The highest BCUT2D eigenvalue weighted by atomic mass is 16.7. The Kier molecular flexibility index (Phi) is 25.5. The number of aliphatic carboxylic acids is 1. The van der Waals surface area contributed by atoms with Gasteiger partial charge in [0, 0.05) is 35.2 Å². The van der Waals surface area contributed by atoms with Crippen LogP contribution in [-0.2, 0) is 33.2 Å². The van der Waals surface area contributed by atoms with Crippen molar-refractivity contribution in [3.05, 3.63) is 58.2 Å². The molecule has 0 aromatic rings. The van der Waals surface area contributed by atoms with E-state index in [0.29, 0.717) is 22.3 Å². The maximum Gasteiger partial charge on any atom is 0.330 e. The molecular formula is C53H90O20. The normalized spacial score (nSPS) is 37.1.